The maximum atomic E-state index is 11.0. The molecule has 0 heterocycles. The smallest absolute Gasteiger partial charge is 0.320 e. The Hall–Kier alpha value is -0.570. The molecular weight excluding hydrogens is 154 g/mol. The summed E-state index contributed by atoms with van der Waals surface area (Å²) in [5, 5.41) is 3.05. The van der Waals surface area contributed by atoms with Crippen LogP contribution in [0.1, 0.15) is 34.6 Å². The van der Waals surface area contributed by atoms with Crippen LogP contribution in [-0.2, 0) is 9.53 Å². The molecule has 0 saturated heterocycles. The zero-order valence-electron chi connectivity index (χ0n) is 8.60. The first-order chi connectivity index (χ1) is 5.31. The zero-order chi connectivity index (χ0) is 9.78. The van der Waals surface area contributed by atoms with Gasteiger partial charge in [-0.2, -0.15) is 0 Å². The van der Waals surface area contributed by atoms with Crippen LogP contribution in [-0.4, -0.2) is 24.2 Å². The number of hydrogen-bond donors (Lipinski definition) is 1. The van der Waals surface area contributed by atoms with E-state index in [1.54, 1.807) is 0 Å². The monoisotopic (exact) mass is 173 g/mol. The van der Waals surface area contributed by atoms with Crippen molar-refractivity contribution in [2.45, 2.75) is 46.3 Å². The number of esters is 1. The third-order valence-corrected chi connectivity index (χ3v) is 1.13. The lowest BCUT2D eigenvalue weighted by Gasteiger charge is -2.20. The minimum absolute atomic E-state index is 0.0285. The van der Waals surface area contributed by atoms with Gasteiger partial charge in [0.15, 0.2) is 0 Å². The Morgan fingerprint density at radius 1 is 1.42 bits per heavy atom. The molecule has 0 bridgehead atoms. The quantitative estimate of drug-likeness (QED) is 0.654. The van der Waals surface area contributed by atoms with Crippen LogP contribution in [0.3, 0.4) is 0 Å². The van der Waals surface area contributed by atoms with Crippen LogP contribution in [0.25, 0.3) is 0 Å². The average Bonchev–Trinajstić information content (AvgIpc) is 1.80. The number of hydrogen-bond acceptors (Lipinski definition) is 3. The molecule has 0 unspecified atom stereocenters. The lowest BCUT2D eigenvalue weighted by atomic mass is 10.1. The van der Waals surface area contributed by atoms with Gasteiger partial charge in [0.1, 0.15) is 0 Å². The molecule has 0 aromatic rings. The fourth-order valence-corrected chi connectivity index (χ4v) is 0.642. The maximum absolute atomic E-state index is 11.0. The lowest BCUT2D eigenvalue weighted by Crippen LogP contribution is -2.40. The van der Waals surface area contributed by atoms with Gasteiger partial charge >= 0.3 is 5.97 Å². The summed E-state index contributed by atoms with van der Waals surface area (Å²) in [5.41, 5.74) is -0.0317. The molecule has 12 heavy (non-hydrogen) atoms. The summed E-state index contributed by atoms with van der Waals surface area (Å²) in [5.74, 6) is -0.195. The number of carbonyl (C=O) groups excluding carboxylic acids is 1. The fraction of sp³-hybridized carbons (Fsp3) is 0.889. The van der Waals surface area contributed by atoms with E-state index in [0.717, 1.165) is 0 Å². The molecule has 0 aliphatic carbocycles. The van der Waals surface area contributed by atoms with E-state index < -0.39 is 0 Å². The van der Waals surface area contributed by atoms with Crippen LogP contribution in [0.2, 0.25) is 0 Å². The second kappa shape index (κ2) is 4.45. The van der Waals surface area contributed by atoms with Crippen LogP contribution >= 0.6 is 0 Å². The van der Waals surface area contributed by atoms with E-state index in [1.165, 1.54) is 0 Å². The predicted octanol–water partition coefficient (Wildman–Crippen LogP) is 1.33. The van der Waals surface area contributed by atoms with Crippen molar-refractivity contribution in [3.63, 3.8) is 0 Å². The Bertz CT molecular complexity index is 147. The maximum Gasteiger partial charge on any atom is 0.320 e. The van der Waals surface area contributed by atoms with E-state index in [4.69, 9.17) is 4.74 Å². The molecule has 0 aromatic heterocycles. The number of rotatable bonds is 3. The van der Waals surface area contributed by atoms with Crippen molar-refractivity contribution in [3.05, 3.63) is 0 Å². The Balaban J connectivity index is 3.58. The molecule has 0 amide bonds. The Kier molecular flexibility index (Phi) is 4.24. The summed E-state index contributed by atoms with van der Waals surface area (Å²) in [7, 11) is 0. The molecule has 3 nitrogen and oxygen atoms in total. The molecule has 3 heteroatoms. The van der Waals surface area contributed by atoms with Crippen LogP contribution in [0.4, 0.5) is 0 Å². The molecule has 0 spiro atoms. The van der Waals surface area contributed by atoms with Crippen molar-refractivity contribution >= 4 is 5.97 Å². The molecule has 0 aliphatic heterocycles. The van der Waals surface area contributed by atoms with Gasteiger partial charge in [0.25, 0.3) is 0 Å². The van der Waals surface area contributed by atoms with Gasteiger partial charge in [0, 0.05) is 5.54 Å². The summed E-state index contributed by atoms with van der Waals surface area (Å²) in [6, 6.07) is 0. The second-order valence-corrected chi connectivity index (χ2v) is 4.14. The van der Waals surface area contributed by atoms with Gasteiger partial charge in [0.05, 0.1) is 12.6 Å². The number of ether oxygens (including phenoxy) is 1. The van der Waals surface area contributed by atoms with E-state index in [9.17, 15) is 4.79 Å². The number of nitrogens with one attached hydrogen (secondary N) is 1. The SMILES string of the molecule is CC(C)OC(=O)CNC(C)(C)C. The molecule has 0 aromatic carbocycles. The fourth-order valence-electron chi connectivity index (χ4n) is 0.642. The van der Waals surface area contributed by atoms with Gasteiger partial charge in [0.2, 0.25) is 0 Å². The van der Waals surface area contributed by atoms with Gasteiger partial charge < -0.3 is 10.1 Å². The third-order valence-electron chi connectivity index (χ3n) is 1.13. The summed E-state index contributed by atoms with van der Waals surface area (Å²) in [6.07, 6.45) is -0.0285. The molecular formula is C9H19NO2. The van der Waals surface area contributed by atoms with Crippen molar-refractivity contribution in [3.8, 4) is 0 Å². The summed E-state index contributed by atoms with van der Waals surface area (Å²) in [6.45, 7) is 9.99. The zero-order valence-corrected chi connectivity index (χ0v) is 8.60. The molecule has 0 radical (unpaired) electrons. The highest BCUT2D eigenvalue weighted by molar-refractivity contribution is 5.71. The molecule has 72 valence electrons. The average molecular weight is 173 g/mol. The second-order valence-electron chi connectivity index (χ2n) is 4.14. The lowest BCUT2D eigenvalue weighted by molar-refractivity contribution is -0.146. The van der Waals surface area contributed by atoms with Crippen molar-refractivity contribution in [2.75, 3.05) is 6.54 Å². The van der Waals surface area contributed by atoms with Gasteiger partial charge in [-0.25, -0.2) is 0 Å². The molecule has 1 N–H and O–H groups in total. The van der Waals surface area contributed by atoms with Crippen LogP contribution in [0, 0.1) is 0 Å². The minimum Gasteiger partial charge on any atom is -0.462 e. The molecule has 0 fully saturated rings. The van der Waals surface area contributed by atoms with Gasteiger partial charge in [-0.1, -0.05) is 0 Å². The van der Waals surface area contributed by atoms with E-state index in [2.05, 4.69) is 5.32 Å². The first-order valence-electron chi connectivity index (χ1n) is 4.26. The normalized spacial score (nSPS) is 11.8. The largest absolute Gasteiger partial charge is 0.462 e. The van der Waals surface area contributed by atoms with Gasteiger partial charge in [-0.05, 0) is 34.6 Å². The topological polar surface area (TPSA) is 38.3 Å². The van der Waals surface area contributed by atoms with E-state index in [1.807, 2.05) is 34.6 Å². The Morgan fingerprint density at radius 3 is 2.25 bits per heavy atom. The number of carbonyl (C=O) groups is 1. The Labute approximate surface area is 74.5 Å². The molecule has 0 atom stereocenters. The third kappa shape index (κ3) is 7.54. The van der Waals surface area contributed by atoms with Crippen LogP contribution in [0.15, 0.2) is 0 Å². The van der Waals surface area contributed by atoms with Gasteiger partial charge in [-0.15, -0.1) is 0 Å². The molecule has 0 aliphatic rings. The standard InChI is InChI=1S/C9H19NO2/c1-7(2)12-8(11)6-10-9(3,4)5/h7,10H,6H2,1-5H3. The summed E-state index contributed by atoms with van der Waals surface area (Å²) in [4.78, 5) is 11.0. The minimum atomic E-state index is -0.195. The van der Waals surface area contributed by atoms with Crippen LogP contribution in [0.5, 0.6) is 0 Å². The summed E-state index contributed by atoms with van der Waals surface area (Å²) < 4.78 is 4.94. The highest BCUT2D eigenvalue weighted by Crippen LogP contribution is 1.97. The van der Waals surface area contributed by atoms with Crippen molar-refractivity contribution < 1.29 is 9.53 Å². The van der Waals surface area contributed by atoms with E-state index in [-0.39, 0.29) is 24.2 Å². The van der Waals surface area contributed by atoms with Gasteiger partial charge in [-0.3, -0.25) is 4.79 Å². The predicted molar refractivity (Wildman–Crippen MR) is 49.0 cm³/mol. The first kappa shape index (κ1) is 11.4. The van der Waals surface area contributed by atoms with Crippen molar-refractivity contribution in [1.29, 1.82) is 0 Å². The first-order valence-corrected chi connectivity index (χ1v) is 4.26. The van der Waals surface area contributed by atoms with E-state index in [0.29, 0.717) is 0 Å². The summed E-state index contributed by atoms with van der Waals surface area (Å²) >= 11 is 0. The Morgan fingerprint density at radius 2 is 1.92 bits per heavy atom. The van der Waals surface area contributed by atoms with Crippen molar-refractivity contribution in [1.82, 2.24) is 5.32 Å². The van der Waals surface area contributed by atoms with Crippen molar-refractivity contribution in [2.24, 2.45) is 0 Å². The molecule has 0 rings (SSSR count). The highest BCUT2D eigenvalue weighted by atomic mass is 16.5. The highest BCUT2D eigenvalue weighted by Gasteiger charge is 2.12. The molecule has 0 saturated carbocycles. The van der Waals surface area contributed by atoms with Crippen LogP contribution < -0.4 is 5.32 Å². The van der Waals surface area contributed by atoms with E-state index >= 15 is 0 Å².